The summed E-state index contributed by atoms with van der Waals surface area (Å²) in [4.78, 5) is 15.9. The molecular formula is C22H23N3O3S. The predicted molar refractivity (Wildman–Crippen MR) is 114 cm³/mol. The second-order valence-electron chi connectivity index (χ2n) is 6.97. The maximum absolute atomic E-state index is 12.9. The van der Waals surface area contributed by atoms with Gasteiger partial charge in [-0.3, -0.25) is 9.36 Å². The maximum atomic E-state index is 12.9. The lowest BCUT2D eigenvalue weighted by molar-refractivity contribution is 0.0943. The van der Waals surface area contributed by atoms with Gasteiger partial charge in [0.15, 0.2) is 4.77 Å². The highest BCUT2D eigenvalue weighted by atomic mass is 32.1. The van der Waals surface area contributed by atoms with E-state index in [0.29, 0.717) is 23.6 Å². The highest BCUT2D eigenvalue weighted by molar-refractivity contribution is 7.71. The van der Waals surface area contributed by atoms with Crippen molar-refractivity contribution < 1.29 is 14.3 Å². The molecule has 2 aromatic carbocycles. The van der Waals surface area contributed by atoms with Crippen LogP contribution in [0.2, 0.25) is 0 Å². The van der Waals surface area contributed by atoms with E-state index in [1.165, 1.54) is 0 Å². The number of nitrogens with zero attached hydrogens (tertiary/aromatic N) is 1. The van der Waals surface area contributed by atoms with Crippen LogP contribution in [0.1, 0.15) is 35.5 Å². The first kappa shape index (κ1) is 19.3. The number of nitrogens with one attached hydrogen (secondary N) is 2. The van der Waals surface area contributed by atoms with E-state index in [2.05, 4.69) is 10.3 Å². The number of hydrogen-bond donors (Lipinski definition) is 2. The fraction of sp³-hybridized carbons (Fsp3) is 0.273. The summed E-state index contributed by atoms with van der Waals surface area (Å²) in [6.45, 7) is 4.87. The Hall–Kier alpha value is -3.06. The number of carbonyl (C=O) groups excluding carboxylic acids is 1. The van der Waals surface area contributed by atoms with Crippen molar-refractivity contribution in [2.75, 3.05) is 6.61 Å². The Bertz CT molecular complexity index is 1090. The molecule has 1 amide bonds. The van der Waals surface area contributed by atoms with Gasteiger partial charge in [0.1, 0.15) is 23.3 Å². The minimum atomic E-state index is -0.224. The van der Waals surface area contributed by atoms with Crippen molar-refractivity contribution >= 4 is 18.1 Å². The van der Waals surface area contributed by atoms with Crippen LogP contribution < -0.4 is 14.8 Å². The average Bonchev–Trinajstić information content (AvgIpc) is 3.28. The number of aromatic nitrogens is 2. The van der Waals surface area contributed by atoms with Gasteiger partial charge in [0.05, 0.1) is 6.61 Å². The van der Waals surface area contributed by atoms with Gasteiger partial charge in [-0.05, 0) is 50.3 Å². The van der Waals surface area contributed by atoms with Gasteiger partial charge < -0.3 is 19.8 Å². The molecule has 2 heterocycles. The number of hydrogen-bond acceptors (Lipinski definition) is 4. The highest BCUT2D eigenvalue weighted by Gasteiger charge is 2.22. The summed E-state index contributed by atoms with van der Waals surface area (Å²) in [5, 5.41) is 2.98. The number of H-pyrrole nitrogens is 1. The number of carbonyl (C=O) groups is 1. The molecule has 7 heteroatoms. The lowest BCUT2D eigenvalue weighted by Gasteiger charge is -2.14. The maximum Gasteiger partial charge on any atom is 0.270 e. The molecule has 0 saturated carbocycles. The highest BCUT2D eigenvalue weighted by Crippen LogP contribution is 2.35. The van der Waals surface area contributed by atoms with E-state index < -0.39 is 0 Å². The molecular weight excluding hydrogens is 386 g/mol. The van der Waals surface area contributed by atoms with Gasteiger partial charge in [0.25, 0.3) is 5.91 Å². The molecule has 0 saturated heterocycles. The Morgan fingerprint density at radius 3 is 2.90 bits per heavy atom. The smallest absolute Gasteiger partial charge is 0.270 e. The van der Waals surface area contributed by atoms with E-state index in [0.717, 1.165) is 34.7 Å². The fourth-order valence-corrected chi connectivity index (χ4v) is 3.81. The van der Waals surface area contributed by atoms with Gasteiger partial charge in [0, 0.05) is 36.0 Å². The van der Waals surface area contributed by atoms with Crippen LogP contribution in [0, 0.1) is 4.77 Å². The molecule has 3 aromatic rings. The molecule has 1 unspecified atom stereocenters. The third-order valence-electron chi connectivity index (χ3n) is 4.84. The first-order valence-electron chi connectivity index (χ1n) is 9.66. The molecule has 4 rings (SSSR count). The van der Waals surface area contributed by atoms with Crippen LogP contribution in [0.15, 0.2) is 48.7 Å². The summed E-state index contributed by atoms with van der Waals surface area (Å²) < 4.78 is 13.9. The monoisotopic (exact) mass is 409 g/mol. The van der Waals surface area contributed by atoms with Crippen LogP contribution in [0.4, 0.5) is 0 Å². The van der Waals surface area contributed by atoms with Crippen LogP contribution in [-0.4, -0.2) is 28.2 Å². The topological polar surface area (TPSA) is 68.3 Å². The number of para-hydroxylation sites is 1. The first-order valence-corrected chi connectivity index (χ1v) is 10.1. The SMILES string of the molecule is CCOc1cc2c(cc1CNC(=O)c1c[nH]c(=S)n1-c1ccccc1)OC(C)C2. The van der Waals surface area contributed by atoms with E-state index in [1.54, 1.807) is 10.8 Å². The van der Waals surface area contributed by atoms with E-state index in [1.807, 2.05) is 56.3 Å². The minimum Gasteiger partial charge on any atom is -0.494 e. The van der Waals surface area contributed by atoms with Crippen LogP contribution in [-0.2, 0) is 13.0 Å². The zero-order chi connectivity index (χ0) is 20.4. The molecule has 0 spiro atoms. The van der Waals surface area contributed by atoms with Crippen LogP contribution in [0.5, 0.6) is 11.5 Å². The summed E-state index contributed by atoms with van der Waals surface area (Å²) >= 11 is 5.36. The van der Waals surface area contributed by atoms with Gasteiger partial charge in [-0.2, -0.15) is 0 Å². The molecule has 2 N–H and O–H groups in total. The second kappa shape index (κ2) is 8.13. The van der Waals surface area contributed by atoms with Gasteiger partial charge in [-0.1, -0.05) is 18.2 Å². The summed E-state index contributed by atoms with van der Waals surface area (Å²) in [5.41, 5.74) is 3.30. The molecule has 0 bridgehead atoms. The molecule has 1 aliphatic rings. The van der Waals surface area contributed by atoms with E-state index in [4.69, 9.17) is 21.7 Å². The Morgan fingerprint density at radius 1 is 1.34 bits per heavy atom. The summed E-state index contributed by atoms with van der Waals surface area (Å²) in [6, 6.07) is 13.5. The Balaban J connectivity index is 1.57. The molecule has 1 aromatic heterocycles. The first-order chi connectivity index (χ1) is 14.1. The van der Waals surface area contributed by atoms with E-state index in [9.17, 15) is 4.79 Å². The van der Waals surface area contributed by atoms with Crippen LogP contribution in [0.25, 0.3) is 5.69 Å². The van der Waals surface area contributed by atoms with Gasteiger partial charge in [-0.15, -0.1) is 0 Å². The van der Waals surface area contributed by atoms with E-state index in [-0.39, 0.29) is 12.0 Å². The van der Waals surface area contributed by atoms with Crippen molar-refractivity contribution in [3.05, 3.63) is 70.3 Å². The largest absolute Gasteiger partial charge is 0.494 e. The molecule has 6 nitrogen and oxygen atoms in total. The average molecular weight is 410 g/mol. The van der Waals surface area contributed by atoms with Crippen LogP contribution >= 0.6 is 12.2 Å². The van der Waals surface area contributed by atoms with Crippen molar-refractivity contribution in [2.24, 2.45) is 0 Å². The number of rotatable bonds is 6. The summed E-state index contributed by atoms with van der Waals surface area (Å²) in [5.74, 6) is 1.41. The van der Waals surface area contributed by atoms with Crippen LogP contribution in [0.3, 0.4) is 0 Å². The Labute approximate surface area is 174 Å². The zero-order valence-electron chi connectivity index (χ0n) is 16.4. The minimum absolute atomic E-state index is 0.152. The molecule has 150 valence electrons. The number of ether oxygens (including phenoxy) is 2. The fourth-order valence-electron chi connectivity index (χ4n) is 3.54. The molecule has 0 fully saturated rings. The number of aromatic amines is 1. The lowest BCUT2D eigenvalue weighted by Crippen LogP contribution is -2.25. The van der Waals surface area contributed by atoms with Gasteiger partial charge in [-0.25, -0.2) is 0 Å². The summed E-state index contributed by atoms with van der Waals surface area (Å²) in [7, 11) is 0. The number of benzene rings is 2. The Morgan fingerprint density at radius 2 is 2.14 bits per heavy atom. The quantitative estimate of drug-likeness (QED) is 0.599. The van der Waals surface area contributed by atoms with E-state index >= 15 is 0 Å². The van der Waals surface area contributed by atoms with Crippen molar-refractivity contribution in [3.8, 4) is 17.2 Å². The van der Waals surface area contributed by atoms with Crippen molar-refractivity contribution in [3.63, 3.8) is 0 Å². The normalized spacial score (nSPS) is 14.9. The van der Waals surface area contributed by atoms with Crippen molar-refractivity contribution in [1.82, 2.24) is 14.9 Å². The van der Waals surface area contributed by atoms with Crippen molar-refractivity contribution in [1.29, 1.82) is 0 Å². The number of fused-ring (bicyclic) bond motifs is 1. The number of imidazole rings is 1. The lowest BCUT2D eigenvalue weighted by atomic mass is 10.1. The van der Waals surface area contributed by atoms with Gasteiger partial charge in [0.2, 0.25) is 0 Å². The third-order valence-corrected chi connectivity index (χ3v) is 5.14. The molecule has 1 aliphatic heterocycles. The third kappa shape index (κ3) is 3.91. The zero-order valence-corrected chi connectivity index (χ0v) is 17.2. The van der Waals surface area contributed by atoms with Gasteiger partial charge >= 0.3 is 0 Å². The summed E-state index contributed by atoms with van der Waals surface area (Å²) in [6.07, 6.45) is 2.64. The Kier molecular flexibility index (Phi) is 5.40. The number of amides is 1. The molecule has 29 heavy (non-hydrogen) atoms. The molecule has 0 aliphatic carbocycles. The standard InChI is InChI=1S/C22H23N3O3S/c1-3-27-19-10-15-9-14(2)28-20(15)11-16(19)12-23-21(26)18-13-24-22(29)25(18)17-7-5-4-6-8-17/h4-8,10-11,13-14H,3,9,12H2,1-2H3,(H,23,26)(H,24,29). The molecule has 1 atom stereocenters. The molecule has 0 radical (unpaired) electrons. The predicted octanol–water partition coefficient (Wildman–Crippen LogP) is 4.19. The van der Waals surface area contributed by atoms with Crippen molar-refractivity contribution in [2.45, 2.75) is 32.9 Å². The second-order valence-corrected chi connectivity index (χ2v) is 7.35.